The molecule has 0 atom stereocenters. The van der Waals surface area contributed by atoms with Crippen molar-refractivity contribution in [3.05, 3.63) is 48.0 Å². The van der Waals surface area contributed by atoms with Crippen molar-refractivity contribution in [3.63, 3.8) is 0 Å². The number of aryl methyl sites for hydroxylation is 1. The molecule has 0 aromatic heterocycles. The lowest BCUT2D eigenvalue weighted by Crippen LogP contribution is -2.63. The minimum atomic E-state index is -0.334. The summed E-state index contributed by atoms with van der Waals surface area (Å²) in [5, 5.41) is 2.40. The minimum Gasteiger partial charge on any atom is -0.399 e. The van der Waals surface area contributed by atoms with E-state index in [1.54, 1.807) is 4.90 Å². The number of nitrogens with zero attached hydrogens (tertiary/aromatic N) is 4. The molecule has 8 heteroatoms. The van der Waals surface area contributed by atoms with Crippen molar-refractivity contribution in [2.75, 3.05) is 66.2 Å². The molecule has 3 N–H and O–H groups in total. The first-order valence-electron chi connectivity index (χ1n) is 11.3. The van der Waals surface area contributed by atoms with E-state index in [1.165, 1.54) is 11.4 Å². The van der Waals surface area contributed by atoms with Crippen molar-refractivity contribution in [1.82, 2.24) is 10.2 Å². The highest BCUT2D eigenvalue weighted by atomic mass is 16.2. The number of nitrogens with two attached hydrogens (primary N) is 1. The number of benzene rings is 2. The van der Waals surface area contributed by atoms with Gasteiger partial charge < -0.3 is 15.5 Å². The van der Waals surface area contributed by atoms with Crippen LogP contribution in [-0.2, 0) is 4.79 Å². The molecule has 3 aliphatic heterocycles. The standard InChI is InChI=1S/C24H30N6O2/c1-17-14-20(6-7-22(17)30-9-8-23(31)26-24(30)32)27-10-12-28(13-11-27)21-15-29(16-21)19-4-2-18(25)3-5-19/h2-7,14,21H,8-13,15-16,25H2,1H3,(H,26,31,32). The molecule has 3 amide bonds. The Kier molecular flexibility index (Phi) is 5.38. The molecule has 2 aromatic rings. The van der Waals surface area contributed by atoms with Gasteiger partial charge in [-0.3, -0.25) is 19.9 Å². The summed E-state index contributed by atoms with van der Waals surface area (Å²) in [6.45, 7) is 8.69. The number of nitrogen functional groups attached to an aromatic ring is 1. The van der Waals surface area contributed by atoms with Crippen LogP contribution >= 0.6 is 0 Å². The molecule has 0 aliphatic carbocycles. The SMILES string of the molecule is Cc1cc(N2CCN(C3CN(c4ccc(N)cc4)C3)CC2)ccc1N1CCC(=O)NC1=O. The molecular formula is C24H30N6O2. The third kappa shape index (κ3) is 3.98. The zero-order chi connectivity index (χ0) is 22.2. The predicted molar refractivity (Wildman–Crippen MR) is 127 cm³/mol. The molecule has 2 aromatic carbocycles. The number of anilines is 4. The number of hydrogen-bond donors (Lipinski definition) is 2. The van der Waals surface area contributed by atoms with E-state index in [0.29, 0.717) is 19.0 Å². The van der Waals surface area contributed by atoms with Gasteiger partial charge in [0, 0.05) is 81.0 Å². The second-order valence-electron chi connectivity index (χ2n) is 8.90. The molecule has 0 radical (unpaired) electrons. The highest BCUT2D eigenvalue weighted by Crippen LogP contribution is 2.29. The summed E-state index contributed by atoms with van der Waals surface area (Å²) >= 11 is 0. The van der Waals surface area contributed by atoms with Crippen LogP contribution in [0.15, 0.2) is 42.5 Å². The van der Waals surface area contributed by atoms with Gasteiger partial charge in [0.1, 0.15) is 0 Å². The summed E-state index contributed by atoms with van der Waals surface area (Å²) in [6, 6.07) is 14.6. The molecule has 0 spiro atoms. The van der Waals surface area contributed by atoms with Gasteiger partial charge in [0.2, 0.25) is 5.91 Å². The smallest absolute Gasteiger partial charge is 0.328 e. The second kappa shape index (κ2) is 8.35. The van der Waals surface area contributed by atoms with Crippen LogP contribution in [-0.4, -0.2) is 68.7 Å². The maximum absolute atomic E-state index is 12.2. The minimum absolute atomic E-state index is 0.207. The average molecular weight is 435 g/mol. The van der Waals surface area contributed by atoms with Gasteiger partial charge in [-0.1, -0.05) is 0 Å². The first kappa shape index (κ1) is 20.6. The van der Waals surface area contributed by atoms with Gasteiger partial charge in [-0.15, -0.1) is 0 Å². The average Bonchev–Trinajstić information content (AvgIpc) is 2.75. The zero-order valence-electron chi connectivity index (χ0n) is 18.5. The van der Waals surface area contributed by atoms with Crippen LogP contribution in [0.3, 0.4) is 0 Å². The number of amides is 3. The summed E-state index contributed by atoms with van der Waals surface area (Å²) in [7, 11) is 0. The monoisotopic (exact) mass is 434 g/mol. The number of piperazine rings is 1. The maximum atomic E-state index is 12.2. The number of hydrogen-bond acceptors (Lipinski definition) is 6. The second-order valence-corrected chi connectivity index (χ2v) is 8.90. The van der Waals surface area contributed by atoms with Crippen molar-refractivity contribution in [2.45, 2.75) is 19.4 Å². The lowest BCUT2D eigenvalue weighted by atomic mass is 10.0. The highest BCUT2D eigenvalue weighted by molar-refractivity contribution is 6.06. The van der Waals surface area contributed by atoms with Crippen LogP contribution in [0.25, 0.3) is 0 Å². The Hall–Kier alpha value is -3.26. The largest absolute Gasteiger partial charge is 0.399 e. The Bertz CT molecular complexity index is 1010. The Balaban J connectivity index is 1.15. The van der Waals surface area contributed by atoms with Gasteiger partial charge in [-0.25, -0.2) is 4.79 Å². The van der Waals surface area contributed by atoms with Crippen LogP contribution in [0.1, 0.15) is 12.0 Å². The van der Waals surface area contributed by atoms with Crippen molar-refractivity contribution in [2.24, 2.45) is 0 Å². The molecule has 3 saturated heterocycles. The summed E-state index contributed by atoms with van der Waals surface area (Å²) < 4.78 is 0. The van der Waals surface area contributed by atoms with E-state index in [0.717, 1.165) is 56.2 Å². The zero-order valence-corrected chi connectivity index (χ0v) is 18.5. The molecule has 0 bridgehead atoms. The molecule has 5 rings (SSSR count). The number of imide groups is 1. The first-order chi connectivity index (χ1) is 15.5. The molecule has 0 unspecified atom stereocenters. The summed E-state index contributed by atoms with van der Waals surface area (Å²) in [5.41, 5.74) is 11.0. The van der Waals surface area contributed by atoms with Crippen LogP contribution < -0.4 is 25.8 Å². The number of carbonyl (C=O) groups is 2. The van der Waals surface area contributed by atoms with E-state index in [4.69, 9.17) is 5.73 Å². The molecule has 168 valence electrons. The Morgan fingerprint density at radius 3 is 2.22 bits per heavy atom. The fraction of sp³-hybridized carbons (Fsp3) is 0.417. The van der Waals surface area contributed by atoms with E-state index in [1.807, 2.05) is 25.1 Å². The molecular weight excluding hydrogens is 404 g/mol. The Morgan fingerprint density at radius 2 is 1.56 bits per heavy atom. The predicted octanol–water partition coefficient (Wildman–Crippen LogP) is 2.03. The van der Waals surface area contributed by atoms with Gasteiger partial charge in [0.05, 0.1) is 0 Å². The van der Waals surface area contributed by atoms with Crippen LogP contribution in [0.2, 0.25) is 0 Å². The fourth-order valence-corrected chi connectivity index (χ4v) is 4.86. The van der Waals surface area contributed by atoms with Gasteiger partial charge in [0.15, 0.2) is 0 Å². The van der Waals surface area contributed by atoms with Gasteiger partial charge in [-0.05, 0) is 55.0 Å². The van der Waals surface area contributed by atoms with Crippen molar-refractivity contribution in [1.29, 1.82) is 0 Å². The van der Waals surface area contributed by atoms with E-state index in [2.05, 4.69) is 44.3 Å². The molecule has 32 heavy (non-hydrogen) atoms. The molecule has 8 nitrogen and oxygen atoms in total. The van der Waals surface area contributed by atoms with E-state index in [-0.39, 0.29) is 11.9 Å². The first-order valence-corrected chi connectivity index (χ1v) is 11.3. The number of urea groups is 1. The van der Waals surface area contributed by atoms with Crippen LogP contribution in [0.4, 0.5) is 27.5 Å². The van der Waals surface area contributed by atoms with Crippen LogP contribution in [0, 0.1) is 6.92 Å². The molecule has 3 fully saturated rings. The van der Waals surface area contributed by atoms with Gasteiger partial charge >= 0.3 is 6.03 Å². The van der Waals surface area contributed by atoms with Crippen molar-refractivity contribution >= 4 is 34.7 Å². The quantitative estimate of drug-likeness (QED) is 0.717. The normalized spacial score (nSPS) is 20.3. The van der Waals surface area contributed by atoms with Crippen LogP contribution in [0.5, 0.6) is 0 Å². The van der Waals surface area contributed by atoms with Crippen molar-refractivity contribution < 1.29 is 9.59 Å². The third-order valence-electron chi connectivity index (χ3n) is 6.84. The Morgan fingerprint density at radius 1 is 0.875 bits per heavy atom. The number of nitrogens with one attached hydrogen (secondary N) is 1. The third-order valence-corrected chi connectivity index (χ3v) is 6.84. The van der Waals surface area contributed by atoms with Gasteiger partial charge in [0.25, 0.3) is 0 Å². The lowest BCUT2D eigenvalue weighted by Gasteiger charge is -2.49. The molecule has 3 aliphatic rings. The summed E-state index contributed by atoms with van der Waals surface area (Å²) in [6.07, 6.45) is 0.339. The lowest BCUT2D eigenvalue weighted by molar-refractivity contribution is -0.120. The maximum Gasteiger partial charge on any atom is 0.328 e. The molecule has 3 heterocycles. The van der Waals surface area contributed by atoms with E-state index in [9.17, 15) is 9.59 Å². The Labute approximate surface area is 188 Å². The van der Waals surface area contributed by atoms with Crippen molar-refractivity contribution in [3.8, 4) is 0 Å². The van der Waals surface area contributed by atoms with E-state index < -0.39 is 0 Å². The van der Waals surface area contributed by atoms with E-state index >= 15 is 0 Å². The summed E-state index contributed by atoms with van der Waals surface area (Å²) in [5.74, 6) is -0.207. The number of carbonyl (C=O) groups excluding carboxylic acids is 2. The fourth-order valence-electron chi connectivity index (χ4n) is 4.86. The summed E-state index contributed by atoms with van der Waals surface area (Å²) in [4.78, 5) is 32.7. The van der Waals surface area contributed by atoms with Gasteiger partial charge in [-0.2, -0.15) is 0 Å². The highest BCUT2D eigenvalue weighted by Gasteiger charge is 2.34. The number of rotatable bonds is 4. The topological polar surface area (TPSA) is 85.2 Å². The molecule has 0 saturated carbocycles.